The van der Waals surface area contributed by atoms with E-state index in [0.29, 0.717) is 36.5 Å². The molecule has 4 rings (SSSR count). The molecule has 0 heterocycles. The molecule has 2 N–H and O–H groups in total. The van der Waals surface area contributed by atoms with Gasteiger partial charge in [0.25, 0.3) is 11.2 Å². The fourth-order valence-corrected chi connectivity index (χ4v) is 9.32. The molecular formula is C52H74O10. The molecule has 62 heavy (non-hydrogen) atoms. The van der Waals surface area contributed by atoms with Gasteiger partial charge in [-0.2, -0.15) is 0 Å². The van der Waals surface area contributed by atoms with Gasteiger partial charge < -0.3 is 29.2 Å². The van der Waals surface area contributed by atoms with Crippen LogP contribution in [-0.4, -0.2) is 58.5 Å². The molecule has 10 nitrogen and oxygen atoms in total. The third-order valence-electron chi connectivity index (χ3n) is 13.0. The molecule has 2 aliphatic carbocycles. The highest BCUT2D eigenvalue weighted by atomic mass is 16.6. The molecule has 0 amide bonds. The molecule has 2 aromatic carbocycles. The Balaban J connectivity index is 1.37. The molecule has 0 aromatic heterocycles. The quantitative estimate of drug-likeness (QED) is 0.0506. The van der Waals surface area contributed by atoms with Crippen molar-refractivity contribution >= 4 is 23.9 Å². The highest BCUT2D eigenvalue weighted by Gasteiger charge is 2.67. The van der Waals surface area contributed by atoms with Gasteiger partial charge in [-0.15, -0.1) is 0 Å². The number of benzene rings is 2. The lowest BCUT2D eigenvalue weighted by atomic mass is 9.75. The Kier molecular flexibility index (Phi) is 21.1. The van der Waals surface area contributed by atoms with E-state index in [1.807, 2.05) is 12.2 Å². The molecule has 10 heteroatoms. The summed E-state index contributed by atoms with van der Waals surface area (Å²) in [4.78, 5) is 53.9. The molecule has 0 spiro atoms. The van der Waals surface area contributed by atoms with E-state index in [2.05, 4.69) is 26.0 Å². The first-order valence-electron chi connectivity index (χ1n) is 23.7. The Morgan fingerprint density at radius 3 is 1.19 bits per heavy atom. The Morgan fingerprint density at radius 2 is 0.887 bits per heavy atom. The van der Waals surface area contributed by atoms with Crippen molar-refractivity contribution in [2.24, 2.45) is 23.7 Å². The van der Waals surface area contributed by atoms with E-state index in [1.165, 1.54) is 127 Å². The number of allylic oxidation sites excluding steroid dienone is 2. The maximum Gasteiger partial charge on any atom is 0.353 e. The summed E-state index contributed by atoms with van der Waals surface area (Å²) in [7, 11) is 0. The van der Waals surface area contributed by atoms with Gasteiger partial charge in [-0.3, -0.25) is 0 Å². The number of carbonyl (C=O) groups excluding carboxylic acids is 2. The van der Waals surface area contributed by atoms with Gasteiger partial charge >= 0.3 is 23.9 Å². The van der Waals surface area contributed by atoms with Crippen molar-refractivity contribution in [3.05, 3.63) is 84.0 Å². The first kappa shape index (κ1) is 50.0. The SMILES string of the molecule is CCCCCC1CCC(C=CCOc2ccc(C(=O)O[C@@](CCC)(C(=O)O)[C@@](CCC)(OC(=O)c3ccc(OCC=CC4CCC(CCCCC)CC4)cc3)C(=O)O)cc2)CC1. The third kappa shape index (κ3) is 14.5. The monoisotopic (exact) mass is 859 g/mol. The molecule has 0 unspecified atom stereocenters. The summed E-state index contributed by atoms with van der Waals surface area (Å²) < 4.78 is 23.3. The minimum atomic E-state index is -2.76. The van der Waals surface area contributed by atoms with Gasteiger partial charge in [-0.05, 0) is 124 Å². The van der Waals surface area contributed by atoms with Crippen LogP contribution in [0.4, 0.5) is 0 Å². The molecule has 2 aliphatic rings. The second kappa shape index (κ2) is 26.1. The number of aliphatic carboxylic acids is 2. The van der Waals surface area contributed by atoms with Crippen LogP contribution in [0.25, 0.3) is 0 Å². The number of rotatable bonds is 27. The normalized spacial score (nSPS) is 21.2. The molecular weight excluding hydrogens is 785 g/mol. The summed E-state index contributed by atoms with van der Waals surface area (Å²) in [5.41, 5.74) is -5.53. The van der Waals surface area contributed by atoms with Crippen molar-refractivity contribution in [3.63, 3.8) is 0 Å². The topological polar surface area (TPSA) is 146 Å². The van der Waals surface area contributed by atoms with Crippen LogP contribution in [0.3, 0.4) is 0 Å². The van der Waals surface area contributed by atoms with Crippen molar-refractivity contribution in [2.45, 2.75) is 167 Å². The van der Waals surface area contributed by atoms with Crippen LogP contribution in [0.1, 0.15) is 177 Å². The molecule has 0 aliphatic heterocycles. The average Bonchev–Trinajstić information content (AvgIpc) is 3.27. The minimum Gasteiger partial charge on any atom is -0.490 e. The number of unbranched alkanes of at least 4 members (excludes halogenated alkanes) is 4. The van der Waals surface area contributed by atoms with Crippen molar-refractivity contribution in [3.8, 4) is 11.5 Å². The maximum absolute atomic E-state index is 13.7. The largest absolute Gasteiger partial charge is 0.490 e. The zero-order valence-corrected chi connectivity index (χ0v) is 38.0. The number of hydrogen-bond donors (Lipinski definition) is 2. The van der Waals surface area contributed by atoms with Gasteiger partial charge in [0.15, 0.2) is 0 Å². The summed E-state index contributed by atoms with van der Waals surface area (Å²) in [5.74, 6) is -1.80. The van der Waals surface area contributed by atoms with Gasteiger partial charge in [0.05, 0.1) is 11.1 Å². The Hall–Kier alpha value is -4.60. The molecule has 2 saturated carbocycles. The van der Waals surface area contributed by atoms with E-state index in [-0.39, 0.29) is 24.0 Å². The molecule has 2 atom stereocenters. The van der Waals surface area contributed by atoms with Crippen molar-refractivity contribution in [1.82, 2.24) is 0 Å². The van der Waals surface area contributed by atoms with Gasteiger partial charge in [0.1, 0.15) is 24.7 Å². The minimum absolute atomic E-state index is 0.0111. The van der Waals surface area contributed by atoms with E-state index in [0.717, 1.165) is 11.8 Å². The summed E-state index contributed by atoms with van der Waals surface area (Å²) in [6, 6.07) is 12.1. The molecule has 0 radical (unpaired) electrons. The Morgan fingerprint density at radius 1 is 0.532 bits per heavy atom. The standard InChI is InChI=1S/C52H74O10/c1-5-9-11-15-39-19-23-41(24-20-39)17-13-37-59-45-31-27-43(28-32-45)47(53)61-51(35-7-3,49(55)56)52(36-8-4,50(57)58)62-48(54)44-29-33-46(34-30-44)60-38-14-18-42-25-21-40(22-26-42)16-12-10-6-2/h13-14,17-18,27-34,39-42H,5-12,15-16,19-26,35-38H2,1-4H3,(H,55,56)(H,57,58)/t39?,40?,41?,42?,51-,52-/m0/s1. The fraction of sp³-hybridized carbons (Fsp3) is 0.615. The molecule has 2 aromatic rings. The van der Waals surface area contributed by atoms with Crippen molar-refractivity contribution in [1.29, 1.82) is 0 Å². The third-order valence-corrected chi connectivity index (χ3v) is 13.0. The van der Waals surface area contributed by atoms with Crippen LogP contribution in [0.5, 0.6) is 11.5 Å². The number of ether oxygens (including phenoxy) is 4. The second-order valence-corrected chi connectivity index (χ2v) is 17.6. The second-order valence-electron chi connectivity index (χ2n) is 17.6. The first-order chi connectivity index (χ1) is 30.0. The van der Waals surface area contributed by atoms with Crippen LogP contribution in [-0.2, 0) is 19.1 Å². The summed E-state index contributed by atoms with van der Waals surface area (Å²) in [6.07, 6.45) is 28.2. The number of carboxylic acids is 2. The van der Waals surface area contributed by atoms with Crippen LogP contribution in [0.2, 0.25) is 0 Å². The van der Waals surface area contributed by atoms with Crippen LogP contribution in [0.15, 0.2) is 72.8 Å². The maximum atomic E-state index is 13.7. The van der Waals surface area contributed by atoms with Crippen molar-refractivity contribution in [2.75, 3.05) is 13.2 Å². The summed E-state index contributed by atoms with van der Waals surface area (Å²) in [5, 5.41) is 21.5. The zero-order valence-electron chi connectivity index (χ0n) is 38.0. The summed E-state index contributed by atoms with van der Waals surface area (Å²) >= 11 is 0. The Labute approximate surface area is 370 Å². The van der Waals surface area contributed by atoms with Crippen LogP contribution >= 0.6 is 0 Å². The van der Waals surface area contributed by atoms with Gasteiger partial charge in [-0.25, -0.2) is 19.2 Å². The Bertz CT molecular complexity index is 1590. The van der Waals surface area contributed by atoms with E-state index < -0.39 is 47.9 Å². The van der Waals surface area contributed by atoms with E-state index in [1.54, 1.807) is 38.1 Å². The van der Waals surface area contributed by atoms with E-state index in [9.17, 15) is 29.4 Å². The molecule has 342 valence electrons. The zero-order chi connectivity index (χ0) is 44.8. The smallest absolute Gasteiger partial charge is 0.353 e. The lowest BCUT2D eigenvalue weighted by molar-refractivity contribution is -0.210. The summed E-state index contributed by atoms with van der Waals surface area (Å²) in [6.45, 7) is 8.47. The molecule has 2 fully saturated rings. The van der Waals surface area contributed by atoms with Crippen LogP contribution in [0, 0.1) is 23.7 Å². The van der Waals surface area contributed by atoms with E-state index >= 15 is 0 Å². The highest BCUT2D eigenvalue weighted by molar-refractivity contribution is 5.99. The number of hydrogen-bond acceptors (Lipinski definition) is 8. The average molecular weight is 859 g/mol. The van der Waals surface area contributed by atoms with Gasteiger partial charge in [-0.1, -0.05) is 116 Å². The fourth-order valence-electron chi connectivity index (χ4n) is 9.32. The molecule has 0 saturated heterocycles. The first-order valence-corrected chi connectivity index (χ1v) is 23.7. The molecule has 0 bridgehead atoms. The lowest BCUT2D eigenvalue weighted by Gasteiger charge is -2.43. The highest BCUT2D eigenvalue weighted by Crippen LogP contribution is 2.41. The predicted octanol–water partition coefficient (Wildman–Crippen LogP) is 12.6. The van der Waals surface area contributed by atoms with Gasteiger partial charge in [0, 0.05) is 12.8 Å². The number of carboxylic acid groups (broad SMARTS) is 2. The predicted molar refractivity (Wildman–Crippen MR) is 243 cm³/mol. The number of carbonyl (C=O) groups is 4. The lowest BCUT2D eigenvalue weighted by Crippen LogP contribution is -2.67. The van der Waals surface area contributed by atoms with Crippen molar-refractivity contribution < 1.29 is 48.3 Å². The van der Waals surface area contributed by atoms with Gasteiger partial charge in [0.2, 0.25) is 0 Å². The number of esters is 2. The van der Waals surface area contributed by atoms with E-state index in [4.69, 9.17) is 18.9 Å². The van der Waals surface area contributed by atoms with Crippen LogP contribution < -0.4 is 9.47 Å².